The van der Waals surface area contributed by atoms with Gasteiger partial charge in [-0.15, -0.1) is 0 Å². The minimum atomic E-state index is -4.83. The van der Waals surface area contributed by atoms with Crippen molar-refractivity contribution < 1.29 is 40.2 Å². The summed E-state index contributed by atoms with van der Waals surface area (Å²) in [6.07, 6.45) is -4.83. The maximum Gasteiger partial charge on any atom is 0.416 e. The molecule has 0 fully saturated rings. The number of hydrogen-bond acceptors (Lipinski definition) is 6. The van der Waals surface area contributed by atoms with Gasteiger partial charge < -0.3 is 14.4 Å². The first-order valence-corrected chi connectivity index (χ1v) is 12.8. The molecule has 1 atom stereocenters. The number of carbonyl (C=O) groups excluding carboxylic acids is 1. The Labute approximate surface area is 217 Å². The van der Waals surface area contributed by atoms with Gasteiger partial charge in [-0.1, -0.05) is 24.3 Å². The summed E-state index contributed by atoms with van der Waals surface area (Å²) in [7, 11) is -1.74. The van der Waals surface area contributed by atoms with Crippen LogP contribution in [0.1, 0.15) is 16.7 Å². The Kier molecular flexibility index (Phi) is 7.65. The van der Waals surface area contributed by atoms with E-state index in [9.17, 15) is 30.8 Å². The predicted molar refractivity (Wildman–Crippen MR) is 130 cm³/mol. The Bertz CT molecular complexity index is 1430. The number of anilines is 1. The first-order chi connectivity index (χ1) is 18.0. The minimum absolute atomic E-state index is 0.101. The van der Waals surface area contributed by atoms with E-state index >= 15 is 0 Å². The molecule has 0 bridgehead atoms. The van der Waals surface area contributed by atoms with E-state index < -0.39 is 39.6 Å². The lowest BCUT2D eigenvalue weighted by Crippen LogP contribution is -2.49. The molecule has 38 heavy (non-hydrogen) atoms. The fourth-order valence-electron chi connectivity index (χ4n) is 4.40. The second-order valence-corrected chi connectivity index (χ2v) is 10.5. The van der Waals surface area contributed by atoms with Crippen LogP contribution in [0.2, 0.25) is 0 Å². The zero-order valence-corrected chi connectivity index (χ0v) is 21.2. The maximum absolute atomic E-state index is 13.7. The molecule has 4 rings (SSSR count). The Balaban J connectivity index is 1.81. The van der Waals surface area contributed by atoms with Gasteiger partial charge in [0.2, 0.25) is 10.0 Å². The number of hydrogen-bond donors (Lipinski definition) is 0. The first-order valence-electron chi connectivity index (χ1n) is 11.4. The maximum atomic E-state index is 13.7. The van der Waals surface area contributed by atoms with E-state index in [4.69, 9.17) is 9.47 Å². The molecule has 0 aromatic heterocycles. The molecular formula is C26H24F4N2O5S. The highest BCUT2D eigenvalue weighted by molar-refractivity contribution is 7.89. The number of benzene rings is 3. The molecule has 1 aliphatic heterocycles. The fourth-order valence-corrected chi connectivity index (χ4v) is 5.95. The molecule has 3 aromatic rings. The third-order valence-corrected chi connectivity index (χ3v) is 8.15. The van der Waals surface area contributed by atoms with Gasteiger partial charge in [-0.05, 0) is 53.6 Å². The molecule has 202 valence electrons. The summed E-state index contributed by atoms with van der Waals surface area (Å²) in [5, 5.41) is 0. The van der Waals surface area contributed by atoms with Gasteiger partial charge in [0.25, 0.3) is 0 Å². The largest absolute Gasteiger partial charge is 0.497 e. The highest BCUT2D eigenvalue weighted by Crippen LogP contribution is 2.36. The molecule has 12 heteroatoms. The number of carbonyl (C=O) groups is 1. The second-order valence-electron chi connectivity index (χ2n) is 8.57. The number of esters is 1. The van der Waals surface area contributed by atoms with Gasteiger partial charge in [-0.2, -0.15) is 17.5 Å². The lowest BCUT2D eigenvalue weighted by molar-refractivity contribution is -0.145. The third kappa shape index (κ3) is 5.46. The van der Waals surface area contributed by atoms with Crippen molar-refractivity contribution in [2.24, 2.45) is 0 Å². The van der Waals surface area contributed by atoms with Crippen molar-refractivity contribution in [3.05, 3.63) is 89.2 Å². The van der Waals surface area contributed by atoms with E-state index in [0.717, 1.165) is 23.5 Å². The zero-order chi connectivity index (χ0) is 27.7. The van der Waals surface area contributed by atoms with Crippen LogP contribution in [0.15, 0.2) is 71.6 Å². The van der Waals surface area contributed by atoms with Crippen LogP contribution in [-0.2, 0) is 38.8 Å². The predicted octanol–water partition coefficient (Wildman–Crippen LogP) is 4.61. The number of alkyl halides is 3. The highest BCUT2D eigenvalue weighted by atomic mass is 32.2. The van der Waals surface area contributed by atoms with Crippen molar-refractivity contribution >= 4 is 21.7 Å². The second kappa shape index (κ2) is 10.6. The normalized spacial score (nSPS) is 16.5. The fraction of sp³-hybridized carbons (Fsp3) is 0.269. The van der Waals surface area contributed by atoms with Crippen LogP contribution in [0.3, 0.4) is 0 Å². The lowest BCUT2D eigenvalue weighted by Gasteiger charge is -2.31. The van der Waals surface area contributed by atoms with Gasteiger partial charge in [-0.25, -0.2) is 12.8 Å². The number of para-hydroxylation sites is 1. The molecule has 1 heterocycles. The molecule has 0 aliphatic carbocycles. The number of nitrogens with zero attached hydrogens (tertiary/aromatic N) is 2. The molecule has 0 spiro atoms. The number of methoxy groups -OCH3 is 2. The lowest BCUT2D eigenvalue weighted by atomic mass is 10.0. The average Bonchev–Trinajstić information content (AvgIpc) is 3.06. The molecule has 0 amide bonds. The van der Waals surface area contributed by atoms with Gasteiger partial charge in [0, 0.05) is 25.3 Å². The van der Waals surface area contributed by atoms with E-state index in [1.165, 1.54) is 36.3 Å². The van der Waals surface area contributed by atoms with Crippen LogP contribution in [-0.4, -0.2) is 45.5 Å². The van der Waals surface area contributed by atoms with Crippen molar-refractivity contribution in [3.63, 3.8) is 0 Å². The first kappa shape index (κ1) is 27.4. The standard InChI is InChI=1S/C26H24F4N2O5S/c1-36-20-9-11-21(12-10-20)38(34,35)32-15-18-5-3-4-6-23(18)31(16-24(32)25(33)37-2)14-17-7-8-19(27)13-22(17)26(28,29)30/h3-13,24H,14-16H2,1-2H3. The summed E-state index contributed by atoms with van der Waals surface area (Å²) in [6, 6.07) is 13.2. The van der Waals surface area contributed by atoms with Crippen molar-refractivity contribution in [3.8, 4) is 5.75 Å². The van der Waals surface area contributed by atoms with Gasteiger partial charge >= 0.3 is 12.1 Å². The van der Waals surface area contributed by atoms with Crippen LogP contribution in [0.25, 0.3) is 0 Å². The van der Waals surface area contributed by atoms with E-state index in [1.54, 1.807) is 24.3 Å². The monoisotopic (exact) mass is 552 g/mol. The Morgan fingerprint density at radius 3 is 2.34 bits per heavy atom. The summed E-state index contributed by atoms with van der Waals surface area (Å²) < 4.78 is 93.3. The average molecular weight is 553 g/mol. The van der Waals surface area contributed by atoms with Gasteiger partial charge in [0.15, 0.2) is 0 Å². The smallest absolute Gasteiger partial charge is 0.416 e. The van der Waals surface area contributed by atoms with Gasteiger partial charge in [0.05, 0.1) is 24.7 Å². The van der Waals surface area contributed by atoms with Gasteiger partial charge in [-0.3, -0.25) is 4.79 Å². The molecule has 1 unspecified atom stereocenters. The molecule has 0 radical (unpaired) electrons. The Morgan fingerprint density at radius 2 is 1.71 bits per heavy atom. The highest BCUT2D eigenvalue weighted by Gasteiger charge is 2.41. The molecule has 0 N–H and O–H groups in total. The van der Waals surface area contributed by atoms with Gasteiger partial charge in [0.1, 0.15) is 17.6 Å². The number of rotatable bonds is 6. The van der Waals surface area contributed by atoms with E-state index in [2.05, 4.69) is 0 Å². The Hall–Kier alpha value is -3.64. The molecule has 0 saturated carbocycles. The molecule has 0 saturated heterocycles. The molecule has 7 nitrogen and oxygen atoms in total. The van der Waals surface area contributed by atoms with Crippen molar-refractivity contribution in [1.29, 1.82) is 0 Å². The summed E-state index contributed by atoms with van der Waals surface area (Å²) >= 11 is 0. The Morgan fingerprint density at radius 1 is 1.03 bits per heavy atom. The minimum Gasteiger partial charge on any atom is -0.497 e. The van der Waals surface area contributed by atoms with E-state index in [-0.39, 0.29) is 30.1 Å². The molecule has 3 aromatic carbocycles. The summed E-state index contributed by atoms with van der Waals surface area (Å²) in [6.45, 7) is -0.917. The van der Waals surface area contributed by atoms with E-state index in [0.29, 0.717) is 23.1 Å². The summed E-state index contributed by atoms with van der Waals surface area (Å²) in [4.78, 5) is 14.3. The zero-order valence-electron chi connectivity index (χ0n) is 20.4. The quantitative estimate of drug-likeness (QED) is 0.329. The SMILES string of the molecule is COC(=O)C1CN(Cc2ccc(F)cc2C(F)(F)F)c2ccccc2CN1S(=O)(=O)c1ccc(OC)cc1. The van der Waals surface area contributed by atoms with Crippen molar-refractivity contribution in [2.45, 2.75) is 30.2 Å². The topological polar surface area (TPSA) is 76.2 Å². The van der Waals surface area contributed by atoms with Crippen LogP contribution < -0.4 is 9.64 Å². The van der Waals surface area contributed by atoms with Crippen LogP contribution in [0.5, 0.6) is 5.75 Å². The van der Waals surface area contributed by atoms with E-state index in [1.807, 2.05) is 0 Å². The molecule has 1 aliphatic rings. The number of ether oxygens (including phenoxy) is 2. The van der Waals surface area contributed by atoms with Crippen molar-refractivity contribution in [2.75, 3.05) is 25.7 Å². The third-order valence-electron chi connectivity index (χ3n) is 6.28. The van der Waals surface area contributed by atoms with Crippen LogP contribution in [0, 0.1) is 5.82 Å². The van der Waals surface area contributed by atoms with Crippen molar-refractivity contribution in [1.82, 2.24) is 4.31 Å². The van der Waals surface area contributed by atoms with Crippen LogP contribution in [0.4, 0.5) is 23.2 Å². The summed E-state index contributed by atoms with van der Waals surface area (Å²) in [5.41, 5.74) is -0.488. The molecular weight excluding hydrogens is 528 g/mol. The number of fused-ring (bicyclic) bond motifs is 1. The summed E-state index contributed by atoms with van der Waals surface area (Å²) in [5.74, 6) is -1.49. The number of halogens is 4. The number of sulfonamides is 1. The van der Waals surface area contributed by atoms with Crippen LogP contribution >= 0.6 is 0 Å².